The SMILES string of the molecule is CC(C(=O)NC1CCCCC1)S(=O)(=O)c1ccc(C(F)(F)F)cn1. The standard InChI is InChI=1S/C15H19F3N2O3S/c1-10(14(21)20-12-5-3-2-4-6-12)24(22,23)13-8-7-11(9-19-13)15(16,17)18/h7-10,12H,2-6H2,1H3,(H,20,21). The van der Waals surface area contributed by atoms with Crippen LogP contribution in [0, 0.1) is 0 Å². The minimum absolute atomic E-state index is 0.0514. The summed E-state index contributed by atoms with van der Waals surface area (Å²) in [5.41, 5.74) is -1.04. The van der Waals surface area contributed by atoms with E-state index in [-0.39, 0.29) is 6.04 Å². The van der Waals surface area contributed by atoms with Gasteiger partial charge in [-0.1, -0.05) is 19.3 Å². The number of pyridine rings is 1. The first-order valence-corrected chi connectivity index (χ1v) is 9.24. The molecule has 1 aliphatic rings. The summed E-state index contributed by atoms with van der Waals surface area (Å²) in [6, 6.07) is 1.37. The zero-order valence-corrected chi connectivity index (χ0v) is 14.0. The van der Waals surface area contributed by atoms with E-state index in [0.717, 1.165) is 38.2 Å². The van der Waals surface area contributed by atoms with Gasteiger partial charge >= 0.3 is 6.18 Å². The number of nitrogens with one attached hydrogen (secondary N) is 1. The number of hydrogen-bond donors (Lipinski definition) is 1. The van der Waals surface area contributed by atoms with Gasteiger partial charge in [0.2, 0.25) is 15.7 Å². The lowest BCUT2D eigenvalue weighted by atomic mass is 9.95. The van der Waals surface area contributed by atoms with Crippen molar-refractivity contribution in [2.75, 3.05) is 0 Å². The van der Waals surface area contributed by atoms with Crippen LogP contribution < -0.4 is 5.32 Å². The van der Waals surface area contributed by atoms with Crippen LogP contribution in [-0.4, -0.2) is 30.6 Å². The van der Waals surface area contributed by atoms with Gasteiger partial charge in [-0.3, -0.25) is 4.79 Å². The van der Waals surface area contributed by atoms with Crippen LogP contribution >= 0.6 is 0 Å². The van der Waals surface area contributed by atoms with Crippen LogP contribution in [0.1, 0.15) is 44.6 Å². The Morgan fingerprint density at radius 2 is 1.88 bits per heavy atom. The smallest absolute Gasteiger partial charge is 0.352 e. The van der Waals surface area contributed by atoms with E-state index in [4.69, 9.17) is 0 Å². The third kappa shape index (κ3) is 4.25. The number of aromatic nitrogens is 1. The molecule has 0 aliphatic heterocycles. The fraction of sp³-hybridized carbons (Fsp3) is 0.600. The largest absolute Gasteiger partial charge is 0.417 e. The van der Waals surface area contributed by atoms with E-state index in [1.165, 1.54) is 6.92 Å². The van der Waals surface area contributed by atoms with Crippen molar-refractivity contribution in [2.45, 2.75) is 61.5 Å². The first-order valence-electron chi connectivity index (χ1n) is 7.70. The quantitative estimate of drug-likeness (QED) is 0.891. The molecule has 2 rings (SSSR count). The molecular weight excluding hydrogens is 345 g/mol. The Bertz CT molecular complexity index is 681. The number of nitrogens with zero attached hydrogens (tertiary/aromatic N) is 1. The van der Waals surface area contributed by atoms with E-state index >= 15 is 0 Å². The number of rotatable bonds is 4. The molecule has 1 fully saturated rings. The van der Waals surface area contributed by atoms with Crippen molar-refractivity contribution in [1.82, 2.24) is 10.3 Å². The Balaban J connectivity index is 2.11. The topological polar surface area (TPSA) is 76.1 Å². The minimum atomic E-state index is -4.60. The van der Waals surface area contributed by atoms with Gasteiger partial charge in [-0.05, 0) is 31.9 Å². The molecule has 1 N–H and O–H groups in total. The molecule has 1 aromatic rings. The maximum Gasteiger partial charge on any atom is 0.417 e. The van der Waals surface area contributed by atoms with Crippen molar-refractivity contribution in [2.24, 2.45) is 0 Å². The van der Waals surface area contributed by atoms with Crippen molar-refractivity contribution in [3.8, 4) is 0 Å². The van der Waals surface area contributed by atoms with Crippen LogP contribution in [-0.2, 0) is 20.8 Å². The average Bonchev–Trinajstić information content (AvgIpc) is 2.54. The first-order chi connectivity index (χ1) is 11.1. The zero-order chi connectivity index (χ0) is 18.0. The van der Waals surface area contributed by atoms with Gasteiger partial charge in [0.15, 0.2) is 5.03 Å². The molecule has 1 atom stereocenters. The van der Waals surface area contributed by atoms with Gasteiger partial charge in [-0.2, -0.15) is 13.2 Å². The van der Waals surface area contributed by atoms with Crippen LogP contribution in [0.2, 0.25) is 0 Å². The lowest BCUT2D eigenvalue weighted by Crippen LogP contribution is -2.44. The molecule has 1 aromatic heterocycles. The molecule has 0 aromatic carbocycles. The second kappa shape index (κ2) is 7.08. The minimum Gasteiger partial charge on any atom is -0.352 e. The average molecular weight is 364 g/mol. The van der Waals surface area contributed by atoms with Crippen LogP contribution in [0.3, 0.4) is 0 Å². The number of alkyl halides is 3. The monoisotopic (exact) mass is 364 g/mol. The Hall–Kier alpha value is -1.64. The van der Waals surface area contributed by atoms with Crippen molar-refractivity contribution >= 4 is 15.7 Å². The van der Waals surface area contributed by atoms with Gasteiger partial charge in [-0.15, -0.1) is 0 Å². The highest BCUT2D eigenvalue weighted by Gasteiger charge is 2.34. The normalized spacial score (nSPS) is 18.2. The molecule has 0 spiro atoms. The summed E-state index contributed by atoms with van der Waals surface area (Å²) in [6.07, 6.45) is 0.515. The molecule has 0 bridgehead atoms. The fourth-order valence-electron chi connectivity index (χ4n) is 2.60. The predicted molar refractivity (Wildman–Crippen MR) is 80.9 cm³/mol. The molecule has 1 amide bonds. The van der Waals surface area contributed by atoms with E-state index in [2.05, 4.69) is 10.3 Å². The van der Waals surface area contributed by atoms with Gasteiger partial charge in [-0.25, -0.2) is 13.4 Å². The lowest BCUT2D eigenvalue weighted by Gasteiger charge is -2.24. The summed E-state index contributed by atoms with van der Waals surface area (Å²) in [5.74, 6) is -0.649. The first kappa shape index (κ1) is 18.7. The fourth-order valence-corrected chi connectivity index (χ4v) is 3.77. The summed E-state index contributed by atoms with van der Waals surface area (Å²) in [5, 5.41) is 0.751. The van der Waals surface area contributed by atoms with Crippen molar-refractivity contribution < 1.29 is 26.4 Å². The molecule has 1 unspecified atom stereocenters. The second-order valence-corrected chi connectivity index (χ2v) is 8.13. The molecule has 134 valence electrons. The van der Waals surface area contributed by atoms with E-state index in [0.29, 0.717) is 12.3 Å². The van der Waals surface area contributed by atoms with Crippen molar-refractivity contribution in [1.29, 1.82) is 0 Å². The lowest BCUT2D eigenvalue weighted by molar-refractivity contribution is -0.137. The number of carbonyl (C=O) groups excluding carboxylic acids is 1. The summed E-state index contributed by atoms with van der Waals surface area (Å²) in [6.45, 7) is 1.22. The Morgan fingerprint density at radius 3 is 2.38 bits per heavy atom. The Labute approximate surface area is 138 Å². The molecule has 0 radical (unpaired) electrons. The molecule has 1 heterocycles. The van der Waals surface area contributed by atoms with Crippen molar-refractivity contribution in [3.05, 3.63) is 23.9 Å². The third-order valence-corrected chi connectivity index (χ3v) is 6.11. The number of carbonyl (C=O) groups is 1. The molecule has 24 heavy (non-hydrogen) atoms. The van der Waals surface area contributed by atoms with Crippen molar-refractivity contribution in [3.63, 3.8) is 0 Å². The molecule has 5 nitrogen and oxygen atoms in total. The summed E-state index contributed by atoms with van der Waals surface area (Å²) in [4.78, 5) is 15.5. The molecule has 1 saturated carbocycles. The number of sulfone groups is 1. The van der Waals surface area contributed by atoms with Gasteiger partial charge in [0.1, 0.15) is 5.25 Å². The van der Waals surface area contributed by atoms with E-state index in [9.17, 15) is 26.4 Å². The molecule has 9 heteroatoms. The van der Waals surface area contributed by atoms with Crippen LogP contribution in [0.4, 0.5) is 13.2 Å². The molecular formula is C15H19F3N2O3S. The highest BCUT2D eigenvalue weighted by Crippen LogP contribution is 2.29. The second-order valence-electron chi connectivity index (χ2n) is 5.91. The number of halogens is 3. The Morgan fingerprint density at radius 1 is 1.25 bits per heavy atom. The third-order valence-electron chi connectivity index (χ3n) is 4.14. The van der Waals surface area contributed by atoms with Crippen LogP contribution in [0.25, 0.3) is 0 Å². The van der Waals surface area contributed by atoms with Gasteiger partial charge < -0.3 is 5.32 Å². The summed E-state index contributed by atoms with van der Waals surface area (Å²) in [7, 11) is -4.14. The number of hydrogen-bond acceptors (Lipinski definition) is 4. The molecule has 0 saturated heterocycles. The zero-order valence-electron chi connectivity index (χ0n) is 13.1. The van der Waals surface area contributed by atoms with E-state index < -0.39 is 37.8 Å². The highest BCUT2D eigenvalue weighted by atomic mass is 32.2. The molecule has 1 aliphatic carbocycles. The van der Waals surface area contributed by atoms with E-state index in [1.807, 2.05) is 0 Å². The Kier molecular flexibility index (Phi) is 5.52. The van der Waals surface area contributed by atoms with Crippen LogP contribution in [0.15, 0.2) is 23.4 Å². The maximum atomic E-state index is 12.5. The van der Waals surface area contributed by atoms with Gasteiger partial charge in [0.05, 0.1) is 5.56 Å². The maximum absolute atomic E-state index is 12.5. The predicted octanol–water partition coefficient (Wildman–Crippen LogP) is 2.71. The van der Waals surface area contributed by atoms with Crippen LogP contribution in [0.5, 0.6) is 0 Å². The summed E-state index contributed by atoms with van der Waals surface area (Å²) < 4.78 is 62.3. The van der Waals surface area contributed by atoms with Gasteiger partial charge in [0.25, 0.3) is 0 Å². The number of amides is 1. The summed E-state index contributed by atoms with van der Waals surface area (Å²) >= 11 is 0. The van der Waals surface area contributed by atoms with E-state index in [1.54, 1.807) is 0 Å². The van der Waals surface area contributed by atoms with Gasteiger partial charge in [0, 0.05) is 12.2 Å². The highest BCUT2D eigenvalue weighted by molar-refractivity contribution is 7.92.